The van der Waals surface area contributed by atoms with Crippen LogP contribution in [0.4, 0.5) is 0 Å². The van der Waals surface area contributed by atoms with Gasteiger partial charge in [-0.25, -0.2) is 0 Å². The van der Waals surface area contributed by atoms with Gasteiger partial charge in [-0.05, 0) is 6.92 Å². The molecule has 0 aliphatic heterocycles. The lowest BCUT2D eigenvalue weighted by molar-refractivity contribution is -0.139. The molecule has 0 heterocycles. The van der Waals surface area contributed by atoms with Gasteiger partial charge in [0.15, 0.2) is 0 Å². The van der Waals surface area contributed by atoms with Gasteiger partial charge in [-0.2, -0.15) is 0 Å². The van der Waals surface area contributed by atoms with E-state index in [-0.39, 0.29) is 11.8 Å². The molecule has 0 spiro atoms. The van der Waals surface area contributed by atoms with E-state index < -0.39 is 35.1 Å². The van der Waals surface area contributed by atoms with Crippen LogP contribution in [0.15, 0.2) is 0 Å². The fraction of sp³-hybridized carbons (Fsp3) is 0.750. The van der Waals surface area contributed by atoms with Gasteiger partial charge >= 0.3 is 5.97 Å². The number of amides is 1. The molecular formula is C8H16N2O4S. The number of hydrogen-bond donors (Lipinski definition) is 3. The second kappa shape index (κ2) is 6.52. The molecule has 0 fully saturated rings. The van der Waals surface area contributed by atoms with Gasteiger partial charge in [0.05, 0.1) is 12.5 Å². The number of carbonyl (C=O) groups excluding carboxylic acids is 1. The normalized spacial score (nSPS) is 16.5. The first-order valence-corrected chi connectivity index (χ1v) is 6.04. The lowest BCUT2D eigenvalue weighted by atomic mass is 10.2. The Morgan fingerprint density at radius 3 is 2.47 bits per heavy atom. The van der Waals surface area contributed by atoms with Crippen molar-refractivity contribution in [2.75, 3.05) is 12.8 Å². The number of hydrogen-bond acceptors (Lipinski definition) is 4. The highest BCUT2D eigenvalue weighted by Crippen LogP contribution is 1.92. The Hall–Kier alpha value is -0.950. The highest BCUT2D eigenvalue weighted by Gasteiger charge is 2.17. The van der Waals surface area contributed by atoms with Gasteiger partial charge < -0.3 is 16.2 Å². The standard InChI is InChI=1S/C8H16N2O4S/c1-5(15(2)14)4-10-8(13)6(9)3-7(11)12/h5-6H,3-4,9H2,1-2H3,(H,10,13)(H,11,12). The number of aliphatic carboxylic acids is 1. The molecule has 15 heavy (non-hydrogen) atoms. The van der Waals surface area contributed by atoms with E-state index in [1.54, 1.807) is 6.92 Å². The van der Waals surface area contributed by atoms with E-state index in [1.807, 2.05) is 0 Å². The fourth-order valence-electron chi connectivity index (χ4n) is 0.774. The van der Waals surface area contributed by atoms with Crippen LogP contribution in [-0.2, 0) is 20.4 Å². The van der Waals surface area contributed by atoms with Gasteiger partial charge in [0, 0.05) is 28.9 Å². The van der Waals surface area contributed by atoms with Crippen molar-refractivity contribution in [1.29, 1.82) is 0 Å². The molecule has 88 valence electrons. The van der Waals surface area contributed by atoms with Crippen LogP contribution in [0.3, 0.4) is 0 Å². The molecule has 0 aromatic rings. The maximum Gasteiger partial charge on any atom is 0.305 e. The third-order valence-electron chi connectivity index (χ3n) is 1.86. The summed E-state index contributed by atoms with van der Waals surface area (Å²) in [5.74, 6) is -1.65. The molecule has 0 saturated carbocycles. The molecule has 0 aromatic carbocycles. The maximum atomic E-state index is 11.2. The Kier molecular flexibility index (Phi) is 6.11. The van der Waals surface area contributed by atoms with E-state index in [0.29, 0.717) is 0 Å². The molecule has 6 nitrogen and oxygen atoms in total. The predicted molar refractivity (Wildman–Crippen MR) is 56.8 cm³/mol. The molecule has 3 unspecified atom stereocenters. The minimum absolute atomic E-state index is 0.175. The molecule has 0 rings (SSSR count). The van der Waals surface area contributed by atoms with E-state index in [2.05, 4.69) is 5.32 Å². The molecule has 0 aliphatic carbocycles. The molecule has 0 saturated heterocycles. The first kappa shape index (κ1) is 14.1. The van der Waals surface area contributed by atoms with Crippen LogP contribution < -0.4 is 11.1 Å². The summed E-state index contributed by atoms with van der Waals surface area (Å²) in [5, 5.41) is 10.7. The fourth-order valence-corrected chi connectivity index (χ4v) is 1.09. The van der Waals surface area contributed by atoms with Crippen molar-refractivity contribution < 1.29 is 18.9 Å². The molecule has 0 bridgehead atoms. The van der Waals surface area contributed by atoms with Crippen LogP contribution in [0.25, 0.3) is 0 Å². The number of carboxylic acid groups (broad SMARTS) is 1. The molecule has 1 amide bonds. The molecule has 0 radical (unpaired) electrons. The average molecular weight is 236 g/mol. The summed E-state index contributed by atoms with van der Waals surface area (Å²) in [7, 11) is -1.02. The Balaban J connectivity index is 3.93. The Bertz CT molecular complexity index is 269. The van der Waals surface area contributed by atoms with Gasteiger partial charge in [0.1, 0.15) is 0 Å². The number of carboxylic acids is 1. The van der Waals surface area contributed by atoms with Gasteiger partial charge in [-0.15, -0.1) is 0 Å². The van der Waals surface area contributed by atoms with Crippen molar-refractivity contribution >= 4 is 22.7 Å². The molecular weight excluding hydrogens is 220 g/mol. The summed E-state index contributed by atoms with van der Waals surface area (Å²) in [6, 6.07) is -1.06. The van der Waals surface area contributed by atoms with Crippen molar-refractivity contribution in [2.45, 2.75) is 24.6 Å². The second-order valence-electron chi connectivity index (χ2n) is 3.26. The number of nitrogens with two attached hydrogens (primary N) is 1. The van der Waals surface area contributed by atoms with Crippen molar-refractivity contribution in [3.05, 3.63) is 0 Å². The number of nitrogens with one attached hydrogen (secondary N) is 1. The van der Waals surface area contributed by atoms with Crippen LogP contribution in [0, 0.1) is 0 Å². The van der Waals surface area contributed by atoms with Crippen LogP contribution in [0.5, 0.6) is 0 Å². The first-order valence-electron chi connectivity index (χ1n) is 4.42. The molecule has 3 atom stereocenters. The van der Waals surface area contributed by atoms with Crippen molar-refractivity contribution in [3.63, 3.8) is 0 Å². The lowest BCUT2D eigenvalue weighted by Crippen LogP contribution is -2.44. The summed E-state index contributed by atoms with van der Waals surface area (Å²) in [4.78, 5) is 21.5. The summed E-state index contributed by atoms with van der Waals surface area (Å²) in [5.41, 5.74) is 5.31. The van der Waals surface area contributed by atoms with E-state index in [1.165, 1.54) is 6.26 Å². The predicted octanol–water partition coefficient (Wildman–Crippen LogP) is -1.33. The zero-order valence-corrected chi connectivity index (χ0v) is 9.54. The molecule has 7 heteroatoms. The highest BCUT2D eigenvalue weighted by molar-refractivity contribution is 7.84. The van der Waals surface area contributed by atoms with E-state index in [4.69, 9.17) is 10.8 Å². The van der Waals surface area contributed by atoms with Gasteiger partial charge in [0.2, 0.25) is 5.91 Å². The van der Waals surface area contributed by atoms with E-state index >= 15 is 0 Å². The lowest BCUT2D eigenvalue weighted by Gasteiger charge is -2.12. The monoisotopic (exact) mass is 236 g/mol. The van der Waals surface area contributed by atoms with Crippen molar-refractivity contribution in [3.8, 4) is 0 Å². The topological polar surface area (TPSA) is 109 Å². The van der Waals surface area contributed by atoms with Crippen molar-refractivity contribution in [2.24, 2.45) is 5.73 Å². The third kappa shape index (κ3) is 6.19. The van der Waals surface area contributed by atoms with Gasteiger partial charge in [0.25, 0.3) is 0 Å². The smallest absolute Gasteiger partial charge is 0.305 e. The summed E-state index contributed by atoms with van der Waals surface area (Å²) in [6.07, 6.45) is 1.13. The zero-order chi connectivity index (χ0) is 12.0. The molecule has 0 aliphatic rings. The average Bonchev–Trinajstić information content (AvgIpc) is 2.12. The van der Waals surface area contributed by atoms with Crippen LogP contribution in [0.1, 0.15) is 13.3 Å². The van der Waals surface area contributed by atoms with Gasteiger partial charge in [-0.3, -0.25) is 13.8 Å². The quantitative estimate of drug-likeness (QED) is 0.529. The summed E-state index contributed by atoms with van der Waals surface area (Å²) >= 11 is 0. The van der Waals surface area contributed by atoms with Crippen LogP contribution in [0.2, 0.25) is 0 Å². The SMILES string of the molecule is CC(CNC(=O)C(N)CC(=O)O)S(C)=O. The second-order valence-corrected chi connectivity index (χ2v) is 5.06. The molecule has 0 aromatic heterocycles. The zero-order valence-electron chi connectivity index (χ0n) is 8.73. The first-order chi connectivity index (χ1) is 6.84. The Morgan fingerprint density at radius 1 is 1.53 bits per heavy atom. The minimum Gasteiger partial charge on any atom is -0.481 e. The minimum atomic E-state index is -1.12. The largest absolute Gasteiger partial charge is 0.481 e. The summed E-state index contributed by atoms with van der Waals surface area (Å²) < 4.78 is 10.9. The van der Waals surface area contributed by atoms with Crippen LogP contribution >= 0.6 is 0 Å². The Labute approximate surface area is 90.7 Å². The number of rotatable bonds is 6. The van der Waals surface area contributed by atoms with E-state index in [9.17, 15) is 13.8 Å². The Morgan fingerprint density at radius 2 is 2.07 bits per heavy atom. The number of carbonyl (C=O) groups is 2. The summed E-state index contributed by atoms with van der Waals surface area (Å²) in [6.45, 7) is 1.95. The molecule has 4 N–H and O–H groups in total. The van der Waals surface area contributed by atoms with E-state index in [0.717, 1.165) is 0 Å². The highest BCUT2D eigenvalue weighted by atomic mass is 32.2. The van der Waals surface area contributed by atoms with Crippen molar-refractivity contribution in [1.82, 2.24) is 5.32 Å². The maximum absolute atomic E-state index is 11.2. The van der Waals surface area contributed by atoms with Gasteiger partial charge in [-0.1, -0.05) is 0 Å². The third-order valence-corrected chi connectivity index (χ3v) is 3.16. The van der Waals surface area contributed by atoms with Crippen LogP contribution in [-0.4, -0.2) is 45.3 Å².